The van der Waals surface area contributed by atoms with E-state index in [9.17, 15) is 8.78 Å². The Balaban J connectivity index is 2.63. The van der Waals surface area contributed by atoms with Gasteiger partial charge in [0.2, 0.25) is 5.82 Å². The Labute approximate surface area is 81.1 Å². The lowest BCUT2D eigenvalue weighted by atomic mass is 10.3. The molecule has 1 aromatic rings. The average molecular weight is 202 g/mol. The van der Waals surface area contributed by atoms with E-state index in [1.165, 1.54) is 12.1 Å². The lowest BCUT2D eigenvalue weighted by Crippen LogP contribution is -2.16. The Bertz CT molecular complexity index is 302. The van der Waals surface area contributed by atoms with Crippen LogP contribution in [0.4, 0.5) is 8.78 Å². The highest BCUT2D eigenvalue weighted by atomic mass is 19.2. The van der Waals surface area contributed by atoms with Gasteiger partial charge in [0.15, 0.2) is 11.6 Å². The molecule has 4 heteroatoms. The standard InChI is InChI=1S/C10H12F2O2/c1-2-7(13)6-14-9-5-3-4-8(11)10(9)12/h3-5,7,13H,2,6H2,1H3. The van der Waals surface area contributed by atoms with Gasteiger partial charge < -0.3 is 9.84 Å². The van der Waals surface area contributed by atoms with Crippen LogP contribution in [0.25, 0.3) is 0 Å². The van der Waals surface area contributed by atoms with Gasteiger partial charge in [-0.1, -0.05) is 13.0 Å². The third-order valence-electron chi connectivity index (χ3n) is 1.82. The highest BCUT2D eigenvalue weighted by Gasteiger charge is 2.09. The Morgan fingerprint density at radius 3 is 2.79 bits per heavy atom. The van der Waals surface area contributed by atoms with E-state index in [0.29, 0.717) is 6.42 Å². The number of halogens is 2. The summed E-state index contributed by atoms with van der Waals surface area (Å²) in [5.74, 6) is -2.14. The van der Waals surface area contributed by atoms with E-state index >= 15 is 0 Å². The second-order valence-electron chi connectivity index (χ2n) is 2.93. The zero-order valence-electron chi connectivity index (χ0n) is 7.84. The third-order valence-corrected chi connectivity index (χ3v) is 1.82. The highest BCUT2D eigenvalue weighted by Crippen LogP contribution is 2.19. The molecule has 0 saturated heterocycles. The minimum Gasteiger partial charge on any atom is -0.488 e. The zero-order chi connectivity index (χ0) is 10.6. The lowest BCUT2D eigenvalue weighted by molar-refractivity contribution is 0.101. The molecule has 0 aliphatic carbocycles. The lowest BCUT2D eigenvalue weighted by Gasteiger charge is -2.10. The first kappa shape index (κ1) is 10.9. The smallest absolute Gasteiger partial charge is 0.200 e. The van der Waals surface area contributed by atoms with Gasteiger partial charge in [0, 0.05) is 0 Å². The van der Waals surface area contributed by atoms with Gasteiger partial charge in [-0.25, -0.2) is 4.39 Å². The van der Waals surface area contributed by atoms with Gasteiger partial charge in [0.25, 0.3) is 0 Å². The van der Waals surface area contributed by atoms with Gasteiger partial charge in [0.05, 0.1) is 6.10 Å². The first-order chi connectivity index (χ1) is 6.65. The van der Waals surface area contributed by atoms with Gasteiger partial charge in [-0.3, -0.25) is 0 Å². The molecule has 0 amide bonds. The summed E-state index contributed by atoms with van der Waals surface area (Å²) in [6, 6.07) is 3.69. The molecule has 0 radical (unpaired) electrons. The van der Waals surface area contributed by atoms with Crippen molar-refractivity contribution < 1.29 is 18.6 Å². The summed E-state index contributed by atoms with van der Waals surface area (Å²) in [7, 11) is 0. The summed E-state index contributed by atoms with van der Waals surface area (Å²) in [5, 5.41) is 9.14. The number of hydrogen-bond donors (Lipinski definition) is 1. The monoisotopic (exact) mass is 202 g/mol. The van der Waals surface area contributed by atoms with Crippen molar-refractivity contribution in [1.29, 1.82) is 0 Å². The molecule has 0 spiro atoms. The fourth-order valence-corrected chi connectivity index (χ4v) is 0.899. The van der Waals surface area contributed by atoms with E-state index in [2.05, 4.69) is 0 Å². The van der Waals surface area contributed by atoms with Crippen molar-refractivity contribution in [3.8, 4) is 5.75 Å². The second-order valence-corrected chi connectivity index (χ2v) is 2.93. The SMILES string of the molecule is CCC(O)COc1cccc(F)c1F. The largest absolute Gasteiger partial charge is 0.488 e. The van der Waals surface area contributed by atoms with Crippen LogP contribution in [0, 0.1) is 11.6 Å². The fraction of sp³-hybridized carbons (Fsp3) is 0.400. The average Bonchev–Trinajstić information content (AvgIpc) is 2.20. The Kier molecular flexibility index (Phi) is 3.83. The summed E-state index contributed by atoms with van der Waals surface area (Å²) in [6.07, 6.45) is -0.144. The van der Waals surface area contributed by atoms with E-state index in [4.69, 9.17) is 9.84 Å². The van der Waals surface area contributed by atoms with Gasteiger partial charge in [-0.15, -0.1) is 0 Å². The normalized spacial score (nSPS) is 12.6. The van der Waals surface area contributed by atoms with Crippen molar-refractivity contribution in [3.63, 3.8) is 0 Å². The number of aliphatic hydroxyl groups excluding tert-OH is 1. The van der Waals surface area contributed by atoms with Crippen molar-refractivity contribution in [2.24, 2.45) is 0 Å². The van der Waals surface area contributed by atoms with Crippen LogP contribution >= 0.6 is 0 Å². The minimum atomic E-state index is -1.02. The Hall–Kier alpha value is -1.16. The topological polar surface area (TPSA) is 29.5 Å². The molecule has 1 N–H and O–H groups in total. The molecule has 0 fully saturated rings. The molecule has 2 nitrogen and oxygen atoms in total. The molecule has 0 aromatic heterocycles. The zero-order valence-corrected chi connectivity index (χ0v) is 7.84. The van der Waals surface area contributed by atoms with Crippen molar-refractivity contribution in [3.05, 3.63) is 29.8 Å². The third kappa shape index (κ3) is 2.67. The number of hydrogen-bond acceptors (Lipinski definition) is 2. The predicted molar refractivity (Wildman–Crippen MR) is 48.2 cm³/mol. The van der Waals surface area contributed by atoms with Crippen molar-refractivity contribution in [2.45, 2.75) is 19.4 Å². The minimum absolute atomic E-state index is 0.0309. The molecule has 1 atom stereocenters. The van der Waals surface area contributed by atoms with Gasteiger partial charge in [-0.2, -0.15) is 4.39 Å². The van der Waals surface area contributed by atoms with Crippen LogP contribution in [0.5, 0.6) is 5.75 Å². The number of ether oxygens (including phenoxy) is 1. The Morgan fingerprint density at radius 2 is 2.14 bits per heavy atom. The molecular weight excluding hydrogens is 190 g/mol. The number of rotatable bonds is 4. The summed E-state index contributed by atoms with van der Waals surface area (Å²) < 4.78 is 30.5. The summed E-state index contributed by atoms with van der Waals surface area (Å²) in [5.41, 5.74) is 0. The Morgan fingerprint density at radius 1 is 1.43 bits per heavy atom. The maximum Gasteiger partial charge on any atom is 0.200 e. The quantitative estimate of drug-likeness (QED) is 0.810. The molecule has 1 unspecified atom stereocenters. The van der Waals surface area contributed by atoms with E-state index in [-0.39, 0.29) is 12.4 Å². The van der Waals surface area contributed by atoms with Crippen LogP contribution in [-0.4, -0.2) is 17.8 Å². The van der Waals surface area contributed by atoms with Crippen LogP contribution in [0.1, 0.15) is 13.3 Å². The van der Waals surface area contributed by atoms with Gasteiger partial charge in [0.1, 0.15) is 6.61 Å². The first-order valence-electron chi connectivity index (χ1n) is 4.40. The summed E-state index contributed by atoms with van der Waals surface area (Å²) >= 11 is 0. The molecule has 14 heavy (non-hydrogen) atoms. The summed E-state index contributed by atoms with van der Waals surface area (Å²) in [6.45, 7) is 1.74. The number of aliphatic hydroxyl groups is 1. The molecule has 0 aliphatic rings. The van der Waals surface area contributed by atoms with E-state index in [1.54, 1.807) is 6.92 Å². The van der Waals surface area contributed by atoms with Crippen LogP contribution < -0.4 is 4.74 Å². The maximum atomic E-state index is 13.0. The molecule has 1 rings (SSSR count). The highest BCUT2D eigenvalue weighted by molar-refractivity contribution is 5.24. The molecule has 0 saturated carbocycles. The van der Waals surface area contributed by atoms with Crippen LogP contribution in [0.15, 0.2) is 18.2 Å². The van der Waals surface area contributed by atoms with E-state index in [0.717, 1.165) is 6.07 Å². The van der Waals surface area contributed by atoms with Crippen molar-refractivity contribution in [2.75, 3.05) is 6.61 Å². The maximum absolute atomic E-state index is 13.0. The molecular formula is C10H12F2O2. The van der Waals surface area contributed by atoms with Crippen LogP contribution in [0.2, 0.25) is 0 Å². The van der Waals surface area contributed by atoms with Crippen LogP contribution in [-0.2, 0) is 0 Å². The predicted octanol–water partition coefficient (Wildman–Crippen LogP) is 2.11. The molecule has 1 aromatic carbocycles. The summed E-state index contributed by atoms with van der Waals surface area (Å²) in [4.78, 5) is 0. The molecule has 0 bridgehead atoms. The number of benzene rings is 1. The second kappa shape index (κ2) is 4.91. The van der Waals surface area contributed by atoms with Crippen LogP contribution in [0.3, 0.4) is 0 Å². The van der Waals surface area contributed by atoms with Gasteiger partial charge >= 0.3 is 0 Å². The van der Waals surface area contributed by atoms with Gasteiger partial charge in [-0.05, 0) is 18.6 Å². The van der Waals surface area contributed by atoms with E-state index in [1.807, 2.05) is 0 Å². The van der Waals surface area contributed by atoms with Crippen molar-refractivity contribution >= 4 is 0 Å². The fourth-order valence-electron chi connectivity index (χ4n) is 0.899. The first-order valence-corrected chi connectivity index (χ1v) is 4.40. The molecule has 78 valence electrons. The van der Waals surface area contributed by atoms with Crippen molar-refractivity contribution in [1.82, 2.24) is 0 Å². The molecule has 0 heterocycles. The molecule has 0 aliphatic heterocycles. The van der Waals surface area contributed by atoms with E-state index < -0.39 is 17.7 Å².